The summed E-state index contributed by atoms with van der Waals surface area (Å²) in [6, 6.07) is 4.32. The average molecular weight is 292 g/mol. The summed E-state index contributed by atoms with van der Waals surface area (Å²) in [6.45, 7) is 8.17. The number of hydrogen-bond donors (Lipinski definition) is 1. The van der Waals surface area contributed by atoms with Crippen molar-refractivity contribution < 1.29 is 4.42 Å². The third-order valence-electron chi connectivity index (χ3n) is 3.05. The SMILES string of the molecule is CC(C)CNCc1coc(CN(C)Cc2ccsc2)c1. The minimum absolute atomic E-state index is 0.679. The van der Waals surface area contributed by atoms with Gasteiger partial charge in [0.2, 0.25) is 0 Å². The maximum Gasteiger partial charge on any atom is 0.118 e. The van der Waals surface area contributed by atoms with E-state index in [1.807, 2.05) is 6.26 Å². The standard InChI is InChI=1S/C16H24N2OS/c1-13(2)7-17-8-15-6-16(19-11-15)10-18(3)9-14-4-5-20-12-14/h4-6,11-13,17H,7-10H2,1-3H3. The summed E-state index contributed by atoms with van der Waals surface area (Å²) in [5.74, 6) is 1.71. The van der Waals surface area contributed by atoms with E-state index in [1.165, 1.54) is 11.1 Å². The predicted molar refractivity (Wildman–Crippen MR) is 84.7 cm³/mol. The summed E-state index contributed by atoms with van der Waals surface area (Å²) in [5, 5.41) is 7.75. The lowest BCUT2D eigenvalue weighted by Gasteiger charge is -2.13. The van der Waals surface area contributed by atoms with Crippen LogP contribution in [-0.4, -0.2) is 18.5 Å². The van der Waals surface area contributed by atoms with Crippen molar-refractivity contribution >= 4 is 11.3 Å². The average Bonchev–Trinajstić information content (AvgIpc) is 3.01. The van der Waals surface area contributed by atoms with Gasteiger partial charge >= 0.3 is 0 Å². The van der Waals surface area contributed by atoms with Crippen LogP contribution in [0.5, 0.6) is 0 Å². The van der Waals surface area contributed by atoms with E-state index in [0.717, 1.165) is 31.9 Å². The second kappa shape index (κ2) is 7.62. The summed E-state index contributed by atoms with van der Waals surface area (Å²) in [6.07, 6.45) is 1.86. The highest BCUT2D eigenvalue weighted by molar-refractivity contribution is 7.07. The Morgan fingerprint density at radius 2 is 2.15 bits per heavy atom. The van der Waals surface area contributed by atoms with Gasteiger partial charge < -0.3 is 9.73 Å². The van der Waals surface area contributed by atoms with Crippen LogP contribution < -0.4 is 5.32 Å². The molecular weight excluding hydrogens is 268 g/mol. The van der Waals surface area contributed by atoms with Gasteiger partial charge in [-0.25, -0.2) is 0 Å². The normalized spacial score (nSPS) is 11.7. The molecule has 0 aliphatic carbocycles. The summed E-state index contributed by atoms with van der Waals surface area (Å²) in [5.41, 5.74) is 2.59. The number of hydrogen-bond acceptors (Lipinski definition) is 4. The fraction of sp³-hybridized carbons (Fsp3) is 0.500. The van der Waals surface area contributed by atoms with Crippen LogP contribution in [0.3, 0.4) is 0 Å². The van der Waals surface area contributed by atoms with Crippen LogP contribution in [0.25, 0.3) is 0 Å². The van der Waals surface area contributed by atoms with Crippen molar-refractivity contribution in [2.24, 2.45) is 5.92 Å². The summed E-state index contributed by atoms with van der Waals surface area (Å²) < 4.78 is 5.63. The number of rotatable bonds is 8. The maximum atomic E-state index is 5.63. The van der Waals surface area contributed by atoms with Crippen LogP contribution in [0, 0.1) is 5.92 Å². The van der Waals surface area contributed by atoms with Gasteiger partial charge in [-0.3, -0.25) is 4.90 Å². The van der Waals surface area contributed by atoms with Gasteiger partial charge in [0.05, 0.1) is 12.8 Å². The first-order valence-corrected chi connectivity index (χ1v) is 8.04. The largest absolute Gasteiger partial charge is 0.468 e. The van der Waals surface area contributed by atoms with Crippen LogP contribution >= 0.6 is 11.3 Å². The van der Waals surface area contributed by atoms with E-state index in [-0.39, 0.29) is 0 Å². The molecule has 0 amide bonds. The van der Waals surface area contributed by atoms with Gasteiger partial charge in [0, 0.05) is 18.7 Å². The smallest absolute Gasteiger partial charge is 0.118 e. The Morgan fingerprint density at radius 1 is 1.30 bits per heavy atom. The lowest BCUT2D eigenvalue weighted by molar-refractivity contribution is 0.288. The lowest BCUT2D eigenvalue weighted by atomic mass is 10.2. The summed E-state index contributed by atoms with van der Waals surface area (Å²) in [7, 11) is 2.12. The minimum Gasteiger partial charge on any atom is -0.468 e. The molecule has 0 fully saturated rings. The van der Waals surface area contributed by atoms with Crippen LogP contribution in [0.1, 0.15) is 30.7 Å². The molecule has 2 aromatic heterocycles. The monoisotopic (exact) mass is 292 g/mol. The number of furan rings is 1. The first-order chi connectivity index (χ1) is 9.63. The topological polar surface area (TPSA) is 28.4 Å². The van der Waals surface area contributed by atoms with Gasteiger partial charge in [0.25, 0.3) is 0 Å². The zero-order valence-electron chi connectivity index (χ0n) is 12.6. The molecule has 0 aliphatic heterocycles. The first-order valence-electron chi connectivity index (χ1n) is 7.10. The third kappa shape index (κ3) is 5.12. The Bertz CT molecular complexity index is 490. The van der Waals surface area contributed by atoms with Gasteiger partial charge in [-0.15, -0.1) is 0 Å². The molecule has 1 N–H and O–H groups in total. The second-order valence-corrected chi connectivity index (χ2v) is 6.53. The van der Waals surface area contributed by atoms with E-state index < -0.39 is 0 Å². The number of nitrogens with one attached hydrogen (secondary N) is 1. The van der Waals surface area contributed by atoms with E-state index in [9.17, 15) is 0 Å². The van der Waals surface area contributed by atoms with Crippen LogP contribution in [0.4, 0.5) is 0 Å². The highest BCUT2D eigenvalue weighted by Gasteiger charge is 2.06. The second-order valence-electron chi connectivity index (χ2n) is 5.75. The van der Waals surface area contributed by atoms with Gasteiger partial charge in [0.1, 0.15) is 5.76 Å². The Labute approximate surface area is 125 Å². The molecule has 3 nitrogen and oxygen atoms in total. The molecule has 2 heterocycles. The molecule has 0 saturated heterocycles. The van der Waals surface area contributed by atoms with Gasteiger partial charge in [0.15, 0.2) is 0 Å². The van der Waals surface area contributed by atoms with Crippen molar-refractivity contribution in [3.05, 3.63) is 46.0 Å². The predicted octanol–water partition coefficient (Wildman–Crippen LogP) is 3.72. The Morgan fingerprint density at radius 3 is 2.85 bits per heavy atom. The molecule has 4 heteroatoms. The van der Waals surface area contributed by atoms with Crippen molar-refractivity contribution in [1.82, 2.24) is 10.2 Å². The molecule has 0 spiro atoms. The molecule has 110 valence electrons. The fourth-order valence-corrected chi connectivity index (χ4v) is 2.78. The zero-order chi connectivity index (χ0) is 14.4. The molecular formula is C16H24N2OS. The molecule has 0 unspecified atom stereocenters. The Hall–Kier alpha value is -1.10. The molecule has 20 heavy (non-hydrogen) atoms. The molecule has 2 rings (SSSR count). The number of thiophene rings is 1. The van der Waals surface area contributed by atoms with Crippen molar-refractivity contribution in [2.45, 2.75) is 33.5 Å². The highest BCUT2D eigenvalue weighted by Crippen LogP contribution is 2.13. The molecule has 0 atom stereocenters. The minimum atomic E-state index is 0.679. The van der Waals surface area contributed by atoms with Crippen LogP contribution in [0.15, 0.2) is 33.6 Å². The summed E-state index contributed by atoms with van der Waals surface area (Å²) >= 11 is 1.74. The van der Waals surface area contributed by atoms with Gasteiger partial charge in [-0.2, -0.15) is 11.3 Å². The number of nitrogens with zero attached hydrogens (tertiary/aromatic N) is 1. The lowest BCUT2D eigenvalue weighted by Crippen LogP contribution is -2.18. The van der Waals surface area contributed by atoms with Crippen molar-refractivity contribution in [2.75, 3.05) is 13.6 Å². The fourth-order valence-electron chi connectivity index (χ4n) is 2.12. The Balaban J connectivity index is 1.77. The van der Waals surface area contributed by atoms with E-state index in [0.29, 0.717) is 5.92 Å². The highest BCUT2D eigenvalue weighted by atomic mass is 32.1. The first kappa shape index (κ1) is 15.3. The van der Waals surface area contributed by atoms with Crippen molar-refractivity contribution in [3.63, 3.8) is 0 Å². The van der Waals surface area contributed by atoms with Gasteiger partial charge in [-0.1, -0.05) is 13.8 Å². The Kier molecular flexibility index (Phi) is 5.83. The van der Waals surface area contributed by atoms with E-state index >= 15 is 0 Å². The van der Waals surface area contributed by atoms with Crippen LogP contribution in [-0.2, 0) is 19.6 Å². The molecule has 0 saturated carbocycles. The maximum absolute atomic E-state index is 5.63. The third-order valence-corrected chi connectivity index (χ3v) is 3.78. The van der Waals surface area contributed by atoms with E-state index in [1.54, 1.807) is 11.3 Å². The molecule has 2 aromatic rings. The quantitative estimate of drug-likeness (QED) is 0.804. The van der Waals surface area contributed by atoms with E-state index in [2.05, 4.69) is 54.0 Å². The molecule has 0 bridgehead atoms. The molecule has 0 radical (unpaired) electrons. The van der Waals surface area contributed by atoms with Crippen molar-refractivity contribution in [1.29, 1.82) is 0 Å². The van der Waals surface area contributed by atoms with E-state index in [4.69, 9.17) is 4.42 Å². The van der Waals surface area contributed by atoms with Crippen molar-refractivity contribution in [3.8, 4) is 0 Å². The summed E-state index contributed by atoms with van der Waals surface area (Å²) in [4.78, 5) is 2.27. The molecule has 0 aliphatic rings. The van der Waals surface area contributed by atoms with Gasteiger partial charge in [-0.05, 0) is 48.0 Å². The van der Waals surface area contributed by atoms with Crippen LogP contribution in [0.2, 0.25) is 0 Å². The molecule has 0 aromatic carbocycles. The zero-order valence-corrected chi connectivity index (χ0v) is 13.4.